The van der Waals surface area contributed by atoms with Gasteiger partial charge in [-0.15, -0.1) is 0 Å². The van der Waals surface area contributed by atoms with Crippen molar-refractivity contribution in [1.29, 1.82) is 0 Å². The summed E-state index contributed by atoms with van der Waals surface area (Å²) >= 11 is 0. The molecule has 20 heavy (non-hydrogen) atoms. The van der Waals surface area contributed by atoms with Gasteiger partial charge in [-0.1, -0.05) is 12.1 Å². The topological polar surface area (TPSA) is 34.1 Å². The predicted molar refractivity (Wildman–Crippen MR) is 81.2 cm³/mol. The van der Waals surface area contributed by atoms with Gasteiger partial charge < -0.3 is 10.1 Å². The first kappa shape index (κ1) is 12.0. The zero-order valence-electron chi connectivity index (χ0n) is 11.9. The summed E-state index contributed by atoms with van der Waals surface area (Å²) in [6, 6.07) is 8.16. The second-order valence-corrected chi connectivity index (χ2v) is 6.21. The molecule has 0 spiro atoms. The number of methoxy groups -OCH3 is 1. The average Bonchev–Trinajstić information content (AvgIpc) is 3.37. The molecule has 2 aliphatic rings. The Hall–Kier alpha value is -1.77. The smallest absolute Gasteiger partial charge is 0.133 e. The molecule has 2 aromatic rings. The number of nitrogens with one attached hydrogen (secondary N) is 1. The summed E-state index contributed by atoms with van der Waals surface area (Å²) in [5.41, 5.74) is 0.586. The molecule has 2 aliphatic carbocycles. The van der Waals surface area contributed by atoms with E-state index in [1.807, 2.05) is 24.4 Å². The third-order valence-corrected chi connectivity index (χ3v) is 4.93. The Balaban J connectivity index is 1.63. The van der Waals surface area contributed by atoms with Crippen molar-refractivity contribution >= 4 is 16.6 Å². The third kappa shape index (κ3) is 1.92. The summed E-state index contributed by atoms with van der Waals surface area (Å²) < 4.78 is 5.43. The highest BCUT2D eigenvalue weighted by atomic mass is 16.5. The molecule has 3 nitrogen and oxygen atoms in total. The molecular weight excluding hydrogens is 248 g/mol. The van der Waals surface area contributed by atoms with E-state index < -0.39 is 0 Å². The van der Waals surface area contributed by atoms with Gasteiger partial charge in [-0.25, -0.2) is 4.98 Å². The van der Waals surface area contributed by atoms with E-state index in [9.17, 15) is 0 Å². The van der Waals surface area contributed by atoms with Crippen molar-refractivity contribution in [3.05, 3.63) is 30.5 Å². The fourth-order valence-electron chi connectivity index (χ4n) is 3.34. The van der Waals surface area contributed by atoms with E-state index in [4.69, 9.17) is 4.74 Å². The van der Waals surface area contributed by atoms with Crippen LogP contribution in [-0.2, 0) is 0 Å². The lowest BCUT2D eigenvalue weighted by atomic mass is 10.0. The van der Waals surface area contributed by atoms with Gasteiger partial charge in [0.05, 0.1) is 7.11 Å². The minimum absolute atomic E-state index is 0.586. The van der Waals surface area contributed by atoms with E-state index in [-0.39, 0.29) is 0 Å². The Bertz CT molecular complexity index is 644. The molecule has 0 aliphatic heterocycles. The number of rotatable bonds is 5. The van der Waals surface area contributed by atoms with Crippen LogP contribution in [0.2, 0.25) is 0 Å². The molecule has 0 unspecified atom stereocenters. The van der Waals surface area contributed by atoms with Crippen molar-refractivity contribution in [3.63, 3.8) is 0 Å². The fourth-order valence-corrected chi connectivity index (χ4v) is 3.34. The Kier molecular flexibility index (Phi) is 2.62. The lowest BCUT2D eigenvalue weighted by Gasteiger charge is -2.17. The maximum absolute atomic E-state index is 5.43. The number of benzene rings is 1. The second kappa shape index (κ2) is 4.37. The van der Waals surface area contributed by atoms with Crippen LogP contribution in [0.15, 0.2) is 30.5 Å². The number of ether oxygens (including phenoxy) is 1. The molecule has 0 bridgehead atoms. The number of nitrogens with zero attached hydrogens (tertiary/aromatic N) is 1. The van der Waals surface area contributed by atoms with E-state index >= 15 is 0 Å². The molecular formula is C17H20N2O. The quantitative estimate of drug-likeness (QED) is 0.894. The van der Waals surface area contributed by atoms with Gasteiger partial charge in [0.2, 0.25) is 0 Å². The highest BCUT2D eigenvalue weighted by Gasteiger charge is 2.53. The summed E-state index contributed by atoms with van der Waals surface area (Å²) in [6.45, 7) is 1.07. The van der Waals surface area contributed by atoms with Crippen molar-refractivity contribution in [3.8, 4) is 5.75 Å². The lowest BCUT2D eigenvalue weighted by molar-refractivity contribution is 0.420. The van der Waals surface area contributed by atoms with Gasteiger partial charge in [-0.3, -0.25) is 0 Å². The monoisotopic (exact) mass is 268 g/mol. The van der Waals surface area contributed by atoms with Crippen LogP contribution in [0.1, 0.15) is 25.7 Å². The minimum atomic E-state index is 0.586. The average molecular weight is 268 g/mol. The van der Waals surface area contributed by atoms with E-state index in [0.717, 1.165) is 34.8 Å². The first-order chi connectivity index (χ1) is 9.82. The van der Waals surface area contributed by atoms with Crippen molar-refractivity contribution in [2.45, 2.75) is 25.7 Å². The van der Waals surface area contributed by atoms with Gasteiger partial charge in [-0.2, -0.15) is 0 Å². The molecule has 4 rings (SSSR count). The largest absolute Gasteiger partial charge is 0.496 e. The Morgan fingerprint density at radius 2 is 2.10 bits per heavy atom. The molecule has 1 aromatic carbocycles. The number of aromatic nitrogens is 1. The van der Waals surface area contributed by atoms with Crippen LogP contribution in [0, 0.1) is 11.3 Å². The maximum atomic E-state index is 5.43. The Morgan fingerprint density at radius 1 is 1.25 bits per heavy atom. The van der Waals surface area contributed by atoms with E-state index in [1.165, 1.54) is 25.7 Å². The zero-order valence-corrected chi connectivity index (χ0v) is 11.9. The van der Waals surface area contributed by atoms with Crippen LogP contribution in [0.5, 0.6) is 5.75 Å². The summed E-state index contributed by atoms with van der Waals surface area (Å²) in [6.07, 6.45) is 7.50. The van der Waals surface area contributed by atoms with E-state index in [1.54, 1.807) is 7.11 Å². The molecule has 1 aromatic heterocycles. The van der Waals surface area contributed by atoms with Crippen molar-refractivity contribution in [2.24, 2.45) is 11.3 Å². The van der Waals surface area contributed by atoms with Gasteiger partial charge in [0, 0.05) is 23.5 Å². The summed E-state index contributed by atoms with van der Waals surface area (Å²) in [5, 5.41) is 5.88. The molecule has 104 valence electrons. The number of pyridine rings is 1. The second-order valence-electron chi connectivity index (χ2n) is 6.21. The summed E-state index contributed by atoms with van der Waals surface area (Å²) in [7, 11) is 1.72. The van der Waals surface area contributed by atoms with Gasteiger partial charge in [0.25, 0.3) is 0 Å². The number of hydrogen-bond donors (Lipinski definition) is 1. The maximum Gasteiger partial charge on any atom is 0.133 e. The van der Waals surface area contributed by atoms with Crippen LogP contribution in [-0.4, -0.2) is 18.6 Å². The molecule has 0 radical (unpaired) electrons. The number of anilines is 1. The molecule has 2 fully saturated rings. The first-order valence-electron chi connectivity index (χ1n) is 7.48. The molecule has 1 N–H and O–H groups in total. The van der Waals surface area contributed by atoms with Crippen LogP contribution in [0.25, 0.3) is 10.8 Å². The van der Waals surface area contributed by atoms with Crippen molar-refractivity contribution in [2.75, 3.05) is 19.0 Å². The summed E-state index contributed by atoms with van der Waals surface area (Å²) in [4.78, 5) is 4.53. The summed E-state index contributed by atoms with van der Waals surface area (Å²) in [5.74, 6) is 2.88. The van der Waals surface area contributed by atoms with Crippen LogP contribution in [0.4, 0.5) is 5.82 Å². The van der Waals surface area contributed by atoms with Gasteiger partial charge >= 0.3 is 0 Å². The van der Waals surface area contributed by atoms with Crippen molar-refractivity contribution in [1.82, 2.24) is 4.98 Å². The van der Waals surface area contributed by atoms with Gasteiger partial charge in [0.1, 0.15) is 11.6 Å². The van der Waals surface area contributed by atoms with E-state index in [0.29, 0.717) is 5.41 Å². The van der Waals surface area contributed by atoms with Gasteiger partial charge in [0.15, 0.2) is 0 Å². The molecule has 1 heterocycles. The predicted octanol–water partition coefficient (Wildman–Crippen LogP) is 3.85. The SMILES string of the molecule is COc1cccc2c(NCC3(C4CC4)CC3)nccc12. The van der Waals surface area contributed by atoms with Crippen molar-refractivity contribution < 1.29 is 4.74 Å². The third-order valence-electron chi connectivity index (χ3n) is 4.93. The lowest BCUT2D eigenvalue weighted by Crippen LogP contribution is -2.18. The number of hydrogen-bond acceptors (Lipinski definition) is 3. The normalized spacial score (nSPS) is 19.9. The van der Waals surface area contributed by atoms with Crippen LogP contribution < -0.4 is 10.1 Å². The fraction of sp³-hybridized carbons (Fsp3) is 0.471. The molecule has 0 atom stereocenters. The standard InChI is InChI=1S/C17H20N2O/c1-20-15-4-2-3-14-13(15)7-10-18-16(14)19-11-17(8-9-17)12-5-6-12/h2-4,7,10,12H,5-6,8-9,11H2,1H3,(H,18,19). The zero-order chi connectivity index (χ0) is 13.6. The Labute approximate surface area is 119 Å². The van der Waals surface area contributed by atoms with E-state index in [2.05, 4.69) is 16.4 Å². The molecule has 0 saturated heterocycles. The molecule has 2 saturated carbocycles. The van der Waals surface area contributed by atoms with Gasteiger partial charge in [-0.05, 0) is 49.1 Å². The highest BCUT2D eigenvalue weighted by molar-refractivity contribution is 5.95. The highest BCUT2D eigenvalue weighted by Crippen LogP contribution is 2.61. The van der Waals surface area contributed by atoms with Crippen LogP contribution >= 0.6 is 0 Å². The number of fused-ring (bicyclic) bond motifs is 1. The first-order valence-corrected chi connectivity index (χ1v) is 7.48. The minimum Gasteiger partial charge on any atom is -0.496 e. The Morgan fingerprint density at radius 3 is 2.80 bits per heavy atom. The van der Waals surface area contributed by atoms with Crippen LogP contribution in [0.3, 0.4) is 0 Å². The molecule has 0 amide bonds. The molecule has 3 heteroatoms.